The number of nitrogens with one attached hydrogen (secondary N) is 3. The highest BCUT2D eigenvalue weighted by molar-refractivity contribution is 7.87. The molecule has 5 nitrogen and oxygen atoms in total. The fraction of sp³-hybridized carbons (Fsp3) is 0.500. The molecule has 6 heteroatoms. The Balaban J connectivity index is 1.84. The van der Waals surface area contributed by atoms with Crippen molar-refractivity contribution in [2.45, 2.75) is 25.4 Å². The van der Waals surface area contributed by atoms with Gasteiger partial charge in [-0.05, 0) is 24.5 Å². The zero-order valence-electron chi connectivity index (χ0n) is 7.66. The molecule has 0 unspecified atom stereocenters. The van der Waals surface area contributed by atoms with Gasteiger partial charge in [0, 0.05) is 25.0 Å². The van der Waals surface area contributed by atoms with Crippen LogP contribution in [0.5, 0.6) is 0 Å². The van der Waals surface area contributed by atoms with Gasteiger partial charge in [0.15, 0.2) is 0 Å². The minimum atomic E-state index is -3.31. The summed E-state index contributed by atoms with van der Waals surface area (Å²) in [6.45, 7) is 0.325. The standard InChI is InChI=1S/C8H13N3O2S/c12-14(13,11-8-1-2-8)10-6-7-3-4-9-5-7/h3-5,8-11H,1-2,6H2. The van der Waals surface area contributed by atoms with Crippen LogP contribution < -0.4 is 9.44 Å². The van der Waals surface area contributed by atoms with Gasteiger partial charge >= 0.3 is 0 Å². The van der Waals surface area contributed by atoms with Crippen molar-refractivity contribution in [2.75, 3.05) is 0 Å². The maximum atomic E-state index is 11.3. The second kappa shape index (κ2) is 3.72. The predicted octanol–water partition coefficient (Wildman–Crippen LogP) is 0.101. The van der Waals surface area contributed by atoms with E-state index in [1.807, 2.05) is 6.07 Å². The Morgan fingerprint density at radius 2 is 2.29 bits per heavy atom. The number of hydrogen-bond donors (Lipinski definition) is 3. The lowest BCUT2D eigenvalue weighted by molar-refractivity contribution is 0.565. The number of aromatic amines is 1. The summed E-state index contributed by atoms with van der Waals surface area (Å²) < 4.78 is 27.7. The average molecular weight is 215 g/mol. The first-order chi connectivity index (χ1) is 6.66. The Hall–Kier alpha value is -0.850. The quantitative estimate of drug-likeness (QED) is 0.651. The first-order valence-electron chi connectivity index (χ1n) is 4.54. The van der Waals surface area contributed by atoms with E-state index in [1.165, 1.54) is 0 Å². The van der Waals surface area contributed by atoms with Crippen LogP contribution in [-0.4, -0.2) is 19.4 Å². The third-order valence-electron chi connectivity index (χ3n) is 2.03. The molecular formula is C8H13N3O2S. The fourth-order valence-electron chi connectivity index (χ4n) is 1.11. The monoisotopic (exact) mass is 215 g/mol. The largest absolute Gasteiger partial charge is 0.367 e. The van der Waals surface area contributed by atoms with Crippen LogP contribution in [0.1, 0.15) is 18.4 Å². The molecule has 0 aromatic carbocycles. The number of rotatable bonds is 5. The zero-order valence-corrected chi connectivity index (χ0v) is 8.47. The van der Waals surface area contributed by atoms with E-state index in [0.717, 1.165) is 18.4 Å². The van der Waals surface area contributed by atoms with Gasteiger partial charge in [-0.3, -0.25) is 0 Å². The predicted molar refractivity (Wildman–Crippen MR) is 52.7 cm³/mol. The number of aromatic nitrogens is 1. The van der Waals surface area contributed by atoms with Crippen molar-refractivity contribution >= 4 is 10.2 Å². The van der Waals surface area contributed by atoms with E-state index in [2.05, 4.69) is 14.4 Å². The third kappa shape index (κ3) is 2.83. The molecule has 1 aromatic rings. The molecular weight excluding hydrogens is 202 g/mol. The summed E-state index contributed by atoms with van der Waals surface area (Å²) in [6, 6.07) is 1.98. The van der Waals surface area contributed by atoms with Crippen LogP contribution in [0.15, 0.2) is 18.5 Å². The van der Waals surface area contributed by atoms with Gasteiger partial charge in [-0.25, -0.2) is 0 Å². The van der Waals surface area contributed by atoms with Crippen molar-refractivity contribution in [3.63, 3.8) is 0 Å². The maximum Gasteiger partial charge on any atom is 0.277 e. The van der Waals surface area contributed by atoms with Crippen molar-refractivity contribution in [1.29, 1.82) is 0 Å². The molecule has 1 aliphatic rings. The lowest BCUT2D eigenvalue weighted by atomic mass is 10.4. The van der Waals surface area contributed by atoms with E-state index in [9.17, 15) is 8.42 Å². The Morgan fingerprint density at radius 1 is 1.50 bits per heavy atom. The second-order valence-electron chi connectivity index (χ2n) is 3.44. The minimum absolute atomic E-state index is 0.152. The second-order valence-corrected chi connectivity index (χ2v) is 4.97. The summed E-state index contributed by atoms with van der Waals surface area (Å²) in [4.78, 5) is 2.86. The van der Waals surface area contributed by atoms with Crippen LogP contribution in [0.3, 0.4) is 0 Å². The van der Waals surface area contributed by atoms with Crippen molar-refractivity contribution in [1.82, 2.24) is 14.4 Å². The highest BCUT2D eigenvalue weighted by atomic mass is 32.2. The number of H-pyrrole nitrogens is 1. The molecule has 1 heterocycles. The van der Waals surface area contributed by atoms with Gasteiger partial charge < -0.3 is 4.98 Å². The minimum Gasteiger partial charge on any atom is -0.367 e. The van der Waals surface area contributed by atoms with Crippen molar-refractivity contribution in [3.8, 4) is 0 Å². The summed E-state index contributed by atoms with van der Waals surface area (Å²) in [6.07, 6.45) is 5.42. The topological polar surface area (TPSA) is 74.0 Å². The summed E-state index contributed by atoms with van der Waals surface area (Å²) in [7, 11) is -3.31. The molecule has 3 N–H and O–H groups in total. The van der Waals surface area contributed by atoms with Crippen LogP contribution in [0.4, 0.5) is 0 Å². The molecule has 0 spiro atoms. The Morgan fingerprint density at radius 3 is 2.86 bits per heavy atom. The molecule has 0 amide bonds. The van der Waals surface area contributed by atoms with Gasteiger partial charge in [0.05, 0.1) is 0 Å². The molecule has 1 saturated carbocycles. The Kier molecular flexibility index (Phi) is 2.58. The molecule has 0 bridgehead atoms. The maximum absolute atomic E-state index is 11.3. The van der Waals surface area contributed by atoms with E-state index >= 15 is 0 Å². The van der Waals surface area contributed by atoms with Crippen LogP contribution in [0.2, 0.25) is 0 Å². The summed E-state index contributed by atoms with van der Waals surface area (Å²) in [5.41, 5.74) is 0.922. The SMILES string of the molecule is O=S(=O)(NCc1cc[nH]c1)NC1CC1. The Labute approximate surface area is 83.1 Å². The zero-order chi connectivity index (χ0) is 10.0. The van der Waals surface area contributed by atoms with E-state index < -0.39 is 10.2 Å². The molecule has 0 radical (unpaired) electrons. The van der Waals surface area contributed by atoms with E-state index in [0.29, 0.717) is 6.54 Å². The van der Waals surface area contributed by atoms with Crippen LogP contribution in [0, 0.1) is 0 Å². The molecule has 1 aromatic heterocycles. The van der Waals surface area contributed by atoms with E-state index in [4.69, 9.17) is 0 Å². The van der Waals surface area contributed by atoms with Crippen molar-refractivity contribution < 1.29 is 8.42 Å². The molecule has 78 valence electrons. The lowest BCUT2D eigenvalue weighted by Crippen LogP contribution is -2.37. The van der Waals surface area contributed by atoms with Gasteiger partial charge in [-0.15, -0.1) is 0 Å². The lowest BCUT2D eigenvalue weighted by Gasteiger charge is -2.05. The van der Waals surface area contributed by atoms with Crippen LogP contribution >= 0.6 is 0 Å². The third-order valence-corrected chi connectivity index (χ3v) is 3.20. The molecule has 0 aliphatic heterocycles. The van der Waals surface area contributed by atoms with Gasteiger partial charge in [-0.2, -0.15) is 17.9 Å². The number of hydrogen-bond acceptors (Lipinski definition) is 2. The van der Waals surface area contributed by atoms with Crippen LogP contribution in [0.25, 0.3) is 0 Å². The molecule has 1 aliphatic carbocycles. The van der Waals surface area contributed by atoms with Gasteiger partial charge in [0.2, 0.25) is 0 Å². The molecule has 2 rings (SSSR count). The smallest absolute Gasteiger partial charge is 0.277 e. The highest BCUT2D eigenvalue weighted by Crippen LogP contribution is 2.19. The first-order valence-corrected chi connectivity index (χ1v) is 6.03. The fourth-order valence-corrected chi connectivity index (χ4v) is 2.22. The summed E-state index contributed by atoms with van der Waals surface area (Å²) >= 11 is 0. The van der Waals surface area contributed by atoms with Crippen molar-refractivity contribution in [3.05, 3.63) is 24.0 Å². The summed E-state index contributed by atoms with van der Waals surface area (Å²) in [5, 5.41) is 0. The van der Waals surface area contributed by atoms with Gasteiger partial charge in [0.1, 0.15) is 0 Å². The summed E-state index contributed by atoms with van der Waals surface area (Å²) in [5.74, 6) is 0. The first kappa shape index (κ1) is 9.70. The van der Waals surface area contributed by atoms with Crippen molar-refractivity contribution in [2.24, 2.45) is 0 Å². The van der Waals surface area contributed by atoms with E-state index in [-0.39, 0.29) is 6.04 Å². The van der Waals surface area contributed by atoms with Gasteiger partial charge in [-0.1, -0.05) is 0 Å². The van der Waals surface area contributed by atoms with E-state index in [1.54, 1.807) is 12.4 Å². The molecule has 0 saturated heterocycles. The molecule has 1 fully saturated rings. The normalized spacial score (nSPS) is 17.1. The Bertz CT molecular complexity index is 381. The van der Waals surface area contributed by atoms with Crippen LogP contribution in [-0.2, 0) is 16.8 Å². The highest BCUT2D eigenvalue weighted by Gasteiger charge is 2.26. The van der Waals surface area contributed by atoms with Gasteiger partial charge in [0.25, 0.3) is 10.2 Å². The molecule has 14 heavy (non-hydrogen) atoms. The average Bonchev–Trinajstić information content (AvgIpc) is 2.78. The molecule has 0 atom stereocenters.